The second kappa shape index (κ2) is 9.62. The van der Waals surface area contributed by atoms with Crippen LogP contribution in [0.2, 0.25) is 0 Å². The maximum atomic E-state index is 11.6. The molecular weight excluding hydrogens is 352 g/mol. The van der Waals surface area contributed by atoms with E-state index in [1.807, 2.05) is 48.3 Å². The van der Waals surface area contributed by atoms with Gasteiger partial charge in [0.1, 0.15) is 0 Å². The third kappa shape index (κ3) is 4.72. The quantitative estimate of drug-likeness (QED) is 0.342. The molecule has 28 heavy (non-hydrogen) atoms. The van der Waals surface area contributed by atoms with Gasteiger partial charge in [0.05, 0.1) is 4.92 Å². The Morgan fingerprint density at radius 3 is 2.54 bits per heavy atom. The summed E-state index contributed by atoms with van der Waals surface area (Å²) in [7, 11) is 1.90. The van der Waals surface area contributed by atoms with E-state index in [4.69, 9.17) is 0 Å². The van der Waals surface area contributed by atoms with Gasteiger partial charge in [0.2, 0.25) is 5.82 Å². The Morgan fingerprint density at radius 2 is 1.79 bits per heavy atom. The molecule has 1 aromatic heterocycles. The number of hydrogen-bond donors (Lipinski definition) is 1. The first kappa shape index (κ1) is 19.5. The molecular formula is C22H24N4O2. The van der Waals surface area contributed by atoms with Crippen molar-refractivity contribution in [3.63, 3.8) is 0 Å². The van der Waals surface area contributed by atoms with Crippen molar-refractivity contribution in [2.24, 2.45) is 0 Å². The van der Waals surface area contributed by atoms with E-state index < -0.39 is 0 Å². The largest absolute Gasteiger partial charge is 0.320 e. The van der Waals surface area contributed by atoms with E-state index in [-0.39, 0.29) is 10.6 Å². The second-order valence-electron chi connectivity index (χ2n) is 6.50. The smallest absolute Gasteiger partial charge is 0.311 e. The molecule has 6 heteroatoms. The van der Waals surface area contributed by atoms with Crippen LogP contribution in [0.5, 0.6) is 0 Å². The minimum absolute atomic E-state index is 0.0153. The average molecular weight is 376 g/mol. The zero-order valence-corrected chi connectivity index (χ0v) is 15.9. The summed E-state index contributed by atoms with van der Waals surface area (Å²) in [6.45, 7) is 1.45. The number of nitro groups is 1. The van der Waals surface area contributed by atoms with Gasteiger partial charge < -0.3 is 10.2 Å². The van der Waals surface area contributed by atoms with Gasteiger partial charge in [-0.05, 0) is 49.7 Å². The van der Waals surface area contributed by atoms with Crippen LogP contribution in [0, 0.1) is 10.1 Å². The Labute approximate surface area is 165 Å². The van der Waals surface area contributed by atoms with Crippen molar-refractivity contribution >= 4 is 17.2 Å². The molecule has 0 saturated heterocycles. The van der Waals surface area contributed by atoms with Gasteiger partial charge in [0, 0.05) is 24.5 Å². The summed E-state index contributed by atoms with van der Waals surface area (Å²) in [4.78, 5) is 17.6. The molecule has 0 unspecified atom stereocenters. The molecule has 1 heterocycles. The fraction of sp³-hybridized carbons (Fsp3) is 0.227. The van der Waals surface area contributed by atoms with Crippen molar-refractivity contribution in [2.75, 3.05) is 25.0 Å². The summed E-state index contributed by atoms with van der Waals surface area (Å²) in [6.07, 6.45) is 3.19. The molecule has 0 spiro atoms. The highest BCUT2D eigenvalue weighted by molar-refractivity contribution is 5.70. The molecule has 0 amide bonds. The number of hydrogen-bond acceptors (Lipinski definition) is 5. The molecule has 0 bridgehead atoms. The SMILES string of the molecule is CNCCCN(c1ccccc1Cc1ccccc1)c1ncccc1[N+](=O)[O-]. The van der Waals surface area contributed by atoms with Gasteiger partial charge in [-0.15, -0.1) is 0 Å². The van der Waals surface area contributed by atoms with Crippen molar-refractivity contribution in [3.8, 4) is 0 Å². The topological polar surface area (TPSA) is 71.3 Å². The number of aromatic nitrogens is 1. The molecule has 0 saturated carbocycles. The Bertz CT molecular complexity index is 915. The highest BCUT2D eigenvalue weighted by Crippen LogP contribution is 2.34. The predicted molar refractivity (Wildman–Crippen MR) is 112 cm³/mol. The first-order valence-electron chi connectivity index (χ1n) is 9.34. The summed E-state index contributed by atoms with van der Waals surface area (Å²) in [5.41, 5.74) is 3.27. The summed E-state index contributed by atoms with van der Waals surface area (Å²) < 4.78 is 0. The van der Waals surface area contributed by atoms with Crippen LogP contribution in [0.4, 0.5) is 17.2 Å². The lowest BCUT2D eigenvalue weighted by Gasteiger charge is -2.26. The molecule has 3 aromatic rings. The van der Waals surface area contributed by atoms with E-state index in [0.717, 1.165) is 30.6 Å². The van der Waals surface area contributed by atoms with Crippen LogP contribution in [-0.2, 0) is 6.42 Å². The Morgan fingerprint density at radius 1 is 1.04 bits per heavy atom. The standard InChI is InChI=1S/C22H24N4O2/c1-23-14-8-16-25(22-21(26(27)28)13-7-15-24-22)20-12-6-5-11-19(20)17-18-9-3-2-4-10-18/h2-7,9-13,15,23H,8,14,16-17H2,1H3. The van der Waals surface area contributed by atoms with Gasteiger partial charge >= 0.3 is 5.69 Å². The molecule has 0 fully saturated rings. The maximum Gasteiger partial charge on any atom is 0.311 e. The lowest BCUT2D eigenvalue weighted by atomic mass is 10.0. The van der Waals surface area contributed by atoms with Gasteiger partial charge in [-0.1, -0.05) is 48.5 Å². The molecule has 0 aliphatic rings. The Kier molecular flexibility index (Phi) is 6.70. The van der Waals surface area contributed by atoms with Gasteiger partial charge in [-0.3, -0.25) is 10.1 Å². The van der Waals surface area contributed by atoms with E-state index in [1.54, 1.807) is 12.3 Å². The number of anilines is 2. The second-order valence-corrected chi connectivity index (χ2v) is 6.50. The van der Waals surface area contributed by atoms with Crippen molar-refractivity contribution in [2.45, 2.75) is 12.8 Å². The van der Waals surface area contributed by atoms with Crippen molar-refractivity contribution in [1.82, 2.24) is 10.3 Å². The van der Waals surface area contributed by atoms with E-state index in [2.05, 4.69) is 28.5 Å². The Balaban J connectivity index is 2.03. The third-order valence-electron chi connectivity index (χ3n) is 4.55. The number of nitrogens with one attached hydrogen (secondary N) is 1. The zero-order valence-electron chi connectivity index (χ0n) is 15.9. The number of nitrogens with zero attached hydrogens (tertiary/aromatic N) is 3. The maximum absolute atomic E-state index is 11.6. The number of rotatable bonds is 9. The van der Waals surface area contributed by atoms with Gasteiger partial charge in [-0.2, -0.15) is 0 Å². The molecule has 2 aromatic carbocycles. The van der Waals surface area contributed by atoms with Gasteiger partial charge in [0.25, 0.3) is 0 Å². The van der Waals surface area contributed by atoms with E-state index in [0.29, 0.717) is 12.4 Å². The molecule has 0 radical (unpaired) electrons. The van der Waals surface area contributed by atoms with E-state index in [1.165, 1.54) is 11.6 Å². The average Bonchev–Trinajstić information content (AvgIpc) is 2.73. The molecule has 3 rings (SSSR count). The molecule has 6 nitrogen and oxygen atoms in total. The van der Waals surface area contributed by atoms with Crippen molar-refractivity contribution in [1.29, 1.82) is 0 Å². The van der Waals surface area contributed by atoms with Crippen LogP contribution in [0.25, 0.3) is 0 Å². The van der Waals surface area contributed by atoms with Crippen LogP contribution < -0.4 is 10.2 Å². The molecule has 0 aliphatic heterocycles. The lowest BCUT2D eigenvalue weighted by molar-refractivity contribution is -0.384. The molecule has 0 aliphatic carbocycles. The summed E-state index contributed by atoms with van der Waals surface area (Å²) in [6, 6.07) is 21.4. The van der Waals surface area contributed by atoms with Gasteiger partial charge in [-0.25, -0.2) is 4.98 Å². The van der Waals surface area contributed by atoms with E-state index in [9.17, 15) is 10.1 Å². The first-order chi connectivity index (χ1) is 13.7. The number of pyridine rings is 1. The molecule has 1 N–H and O–H groups in total. The number of para-hydroxylation sites is 1. The lowest BCUT2D eigenvalue weighted by Crippen LogP contribution is -2.24. The first-order valence-corrected chi connectivity index (χ1v) is 9.34. The van der Waals surface area contributed by atoms with Crippen molar-refractivity contribution in [3.05, 3.63) is 94.2 Å². The van der Waals surface area contributed by atoms with Crippen LogP contribution in [-0.4, -0.2) is 30.0 Å². The fourth-order valence-corrected chi connectivity index (χ4v) is 3.23. The van der Waals surface area contributed by atoms with Crippen molar-refractivity contribution < 1.29 is 4.92 Å². The van der Waals surface area contributed by atoms with Crippen LogP contribution in [0.3, 0.4) is 0 Å². The highest BCUT2D eigenvalue weighted by atomic mass is 16.6. The van der Waals surface area contributed by atoms with Crippen LogP contribution >= 0.6 is 0 Å². The minimum Gasteiger partial charge on any atom is -0.320 e. The highest BCUT2D eigenvalue weighted by Gasteiger charge is 2.23. The number of benzene rings is 2. The minimum atomic E-state index is -0.368. The zero-order chi connectivity index (χ0) is 19.8. The summed E-state index contributed by atoms with van der Waals surface area (Å²) in [5, 5.41) is 14.7. The van der Waals surface area contributed by atoms with Gasteiger partial charge in [0.15, 0.2) is 0 Å². The van der Waals surface area contributed by atoms with Crippen LogP contribution in [0.15, 0.2) is 72.9 Å². The molecule has 0 atom stereocenters. The summed E-state index contributed by atoms with van der Waals surface area (Å²) >= 11 is 0. The molecule has 144 valence electrons. The predicted octanol–water partition coefficient (Wildman–Crippen LogP) is 4.33. The third-order valence-corrected chi connectivity index (χ3v) is 4.55. The van der Waals surface area contributed by atoms with Crippen LogP contribution in [0.1, 0.15) is 17.5 Å². The Hall–Kier alpha value is -3.25. The summed E-state index contributed by atoms with van der Waals surface area (Å²) in [5.74, 6) is 0.379. The van der Waals surface area contributed by atoms with E-state index >= 15 is 0 Å². The fourth-order valence-electron chi connectivity index (χ4n) is 3.23. The normalized spacial score (nSPS) is 10.6. The monoisotopic (exact) mass is 376 g/mol.